The number of amides is 2. The first-order valence-corrected chi connectivity index (χ1v) is 8.76. The van der Waals surface area contributed by atoms with Gasteiger partial charge in [-0.05, 0) is 29.8 Å². The molecule has 1 aliphatic rings. The maximum absolute atomic E-state index is 13.3. The van der Waals surface area contributed by atoms with E-state index in [4.69, 9.17) is 0 Å². The van der Waals surface area contributed by atoms with Crippen LogP contribution in [-0.2, 0) is 21.9 Å². The highest BCUT2D eigenvalue weighted by Gasteiger charge is 2.47. The molecule has 1 aliphatic heterocycles. The highest BCUT2D eigenvalue weighted by molar-refractivity contribution is 6.08. The van der Waals surface area contributed by atoms with Crippen LogP contribution in [0.3, 0.4) is 0 Å². The average molecular weight is 449 g/mol. The fourth-order valence-electron chi connectivity index (χ4n) is 3.45. The molecule has 166 valence electrons. The van der Waals surface area contributed by atoms with Gasteiger partial charge < -0.3 is 10.2 Å². The third-order valence-corrected chi connectivity index (χ3v) is 4.85. The molecule has 1 aromatic heterocycles. The minimum atomic E-state index is -5.31. The van der Waals surface area contributed by atoms with Crippen LogP contribution < -0.4 is 5.32 Å². The Balaban J connectivity index is 2.00. The molecule has 1 aromatic carbocycles. The summed E-state index contributed by atoms with van der Waals surface area (Å²) in [4.78, 5) is 29.6. The summed E-state index contributed by atoms with van der Waals surface area (Å²) in [5.74, 6) is -5.54. The van der Waals surface area contributed by atoms with E-state index in [9.17, 15) is 40.3 Å². The van der Waals surface area contributed by atoms with E-state index in [1.54, 1.807) is 0 Å². The van der Waals surface area contributed by atoms with Crippen molar-refractivity contribution in [2.24, 2.45) is 5.92 Å². The van der Waals surface area contributed by atoms with Gasteiger partial charge in [-0.3, -0.25) is 9.59 Å². The van der Waals surface area contributed by atoms with Gasteiger partial charge >= 0.3 is 12.4 Å². The van der Waals surface area contributed by atoms with E-state index >= 15 is 0 Å². The summed E-state index contributed by atoms with van der Waals surface area (Å²) < 4.78 is 92.2. The Hall–Kier alpha value is -3.18. The molecule has 2 amide bonds. The van der Waals surface area contributed by atoms with Crippen molar-refractivity contribution >= 4 is 17.6 Å². The van der Waals surface area contributed by atoms with E-state index in [1.807, 2.05) is 0 Å². The van der Waals surface area contributed by atoms with Gasteiger partial charge in [0.1, 0.15) is 11.7 Å². The lowest BCUT2D eigenvalue weighted by atomic mass is 9.86. The normalized spacial score (nSPS) is 19.6. The molecule has 0 bridgehead atoms. The van der Waals surface area contributed by atoms with Crippen LogP contribution in [0.4, 0.5) is 36.6 Å². The van der Waals surface area contributed by atoms with Crippen molar-refractivity contribution in [1.29, 1.82) is 0 Å². The molecule has 2 atom stereocenters. The summed E-state index contributed by atoms with van der Waals surface area (Å²) in [7, 11) is 1.30. The summed E-state index contributed by atoms with van der Waals surface area (Å²) >= 11 is 0. The molecule has 3 rings (SSSR count). The number of halogens is 7. The number of pyridine rings is 1. The largest absolute Gasteiger partial charge is 0.417 e. The number of alkyl halides is 6. The first kappa shape index (κ1) is 22.5. The smallest absolute Gasteiger partial charge is 0.344 e. The lowest BCUT2D eigenvalue weighted by Gasteiger charge is -2.21. The molecule has 2 aromatic rings. The van der Waals surface area contributed by atoms with Crippen molar-refractivity contribution in [1.82, 2.24) is 9.88 Å². The Morgan fingerprint density at radius 3 is 2.29 bits per heavy atom. The molecule has 31 heavy (non-hydrogen) atoms. The molecule has 0 radical (unpaired) electrons. The van der Waals surface area contributed by atoms with E-state index in [-0.39, 0.29) is 24.0 Å². The van der Waals surface area contributed by atoms with Crippen LogP contribution in [0.1, 0.15) is 22.6 Å². The number of rotatable bonds is 3. The summed E-state index contributed by atoms with van der Waals surface area (Å²) in [5, 5.41) is 2.22. The maximum atomic E-state index is 13.3. The number of hydrogen-bond donors (Lipinski definition) is 1. The van der Waals surface area contributed by atoms with Crippen LogP contribution >= 0.6 is 0 Å². The van der Waals surface area contributed by atoms with E-state index in [1.165, 1.54) is 19.2 Å². The second-order valence-corrected chi connectivity index (χ2v) is 6.94. The molecule has 0 aliphatic carbocycles. The van der Waals surface area contributed by atoms with E-state index in [0.717, 1.165) is 17.0 Å². The third kappa shape index (κ3) is 4.62. The Morgan fingerprint density at radius 2 is 1.71 bits per heavy atom. The number of nitrogens with zero attached hydrogens (tertiary/aromatic N) is 2. The van der Waals surface area contributed by atoms with Gasteiger partial charge in [0, 0.05) is 19.5 Å². The predicted octanol–water partition coefficient (Wildman–Crippen LogP) is 4.07. The standard InChI is InChI=1S/C19H14F7N3O2/c1-29-8-10(9-5-6-11(18(21,22)23)12(7-9)19(24,25)26)15(17(29)31)16(30)28-14-4-2-3-13(20)27-14/h2-7,10,15H,8H2,1H3,(H,27,28,30)/t10-,15+/m1/s1. The zero-order valence-electron chi connectivity index (χ0n) is 15.7. The second kappa shape index (κ2) is 7.82. The van der Waals surface area contributed by atoms with Gasteiger partial charge in [-0.1, -0.05) is 12.1 Å². The number of hydrogen-bond acceptors (Lipinski definition) is 3. The van der Waals surface area contributed by atoms with Crippen molar-refractivity contribution in [3.63, 3.8) is 0 Å². The van der Waals surface area contributed by atoms with Crippen molar-refractivity contribution in [2.75, 3.05) is 18.9 Å². The van der Waals surface area contributed by atoms with Crippen LogP contribution in [0.5, 0.6) is 0 Å². The zero-order chi connectivity index (χ0) is 23.1. The van der Waals surface area contributed by atoms with Crippen LogP contribution in [0.25, 0.3) is 0 Å². The highest BCUT2D eigenvalue weighted by atomic mass is 19.4. The van der Waals surface area contributed by atoms with Gasteiger partial charge in [0.25, 0.3) is 0 Å². The summed E-state index contributed by atoms with van der Waals surface area (Å²) in [6, 6.07) is 4.89. The maximum Gasteiger partial charge on any atom is 0.417 e. The van der Waals surface area contributed by atoms with Gasteiger partial charge in [-0.2, -0.15) is 30.7 Å². The number of likely N-dealkylation sites (N-methyl/N-ethyl adjacent to an activating group) is 1. The predicted molar refractivity (Wildman–Crippen MR) is 93.1 cm³/mol. The number of nitrogens with one attached hydrogen (secondary N) is 1. The minimum Gasteiger partial charge on any atom is -0.344 e. The molecule has 1 N–H and O–H groups in total. The van der Waals surface area contributed by atoms with Gasteiger partial charge in [0.15, 0.2) is 0 Å². The van der Waals surface area contributed by atoms with E-state index in [0.29, 0.717) is 6.07 Å². The Bertz CT molecular complexity index is 1020. The molecule has 1 fully saturated rings. The summed E-state index contributed by atoms with van der Waals surface area (Å²) in [6.07, 6.45) is -10.6. The molecule has 0 saturated carbocycles. The van der Waals surface area contributed by atoms with Crippen LogP contribution in [0.15, 0.2) is 36.4 Å². The molecule has 12 heteroatoms. The average Bonchev–Trinajstić information content (AvgIpc) is 2.95. The van der Waals surface area contributed by atoms with Crippen LogP contribution in [-0.4, -0.2) is 35.3 Å². The number of anilines is 1. The van der Waals surface area contributed by atoms with E-state index in [2.05, 4.69) is 10.3 Å². The molecule has 0 unspecified atom stereocenters. The third-order valence-electron chi connectivity index (χ3n) is 4.85. The fourth-order valence-corrected chi connectivity index (χ4v) is 3.45. The molecule has 1 saturated heterocycles. The Labute approximate surface area is 170 Å². The zero-order valence-corrected chi connectivity index (χ0v) is 15.7. The molecular weight excluding hydrogens is 435 g/mol. The molecule has 2 heterocycles. The fraction of sp³-hybridized carbons (Fsp3) is 0.316. The lowest BCUT2D eigenvalue weighted by molar-refractivity contribution is -0.162. The first-order chi connectivity index (χ1) is 14.3. The van der Waals surface area contributed by atoms with E-state index < -0.39 is 53.1 Å². The van der Waals surface area contributed by atoms with Gasteiger partial charge in [0.2, 0.25) is 17.8 Å². The molecular formula is C19H14F7N3O2. The Morgan fingerprint density at radius 1 is 1.06 bits per heavy atom. The van der Waals surface area contributed by atoms with Crippen LogP contribution in [0.2, 0.25) is 0 Å². The number of aromatic nitrogens is 1. The van der Waals surface area contributed by atoms with Crippen molar-refractivity contribution in [3.05, 3.63) is 59.0 Å². The quantitative estimate of drug-likeness (QED) is 0.437. The second-order valence-electron chi connectivity index (χ2n) is 6.94. The van der Waals surface area contributed by atoms with Crippen molar-refractivity contribution in [2.45, 2.75) is 18.3 Å². The number of likely N-dealkylation sites (tertiary alicyclic amines) is 1. The van der Waals surface area contributed by atoms with Gasteiger partial charge in [0.05, 0.1) is 11.1 Å². The molecule has 0 spiro atoms. The summed E-state index contributed by atoms with van der Waals surface area (Å²) in [5.41, 5.74) is -4.04. The minimum absolute atomic E-state index is 0.198. The summed E-state index contributed by atoms with van der Waals surface area (Å²) in [6.45, 7) is -0.198. The monoisotopic (exact) mass is 449 g/mol. The van der Waals surface area contributed by atoms with Gasteiger partial charge in [-0.25, -0.2) is 4.98 Å². The topological polar surface area (TPSA) is 62.3 Å². The number of benzene rings is 1. The Kier molecular flexibility index (Phi) is 5.68. The van der Waals surface area contributed by atoms with Crippen molar-refractivity contribution in [3.8, 4) is 0 Å². The number of carbonyl (C=O) groups excluding carboxylic acids is 2. The van der Waals surface area contributed by atoms with Crippen LogP contribution in [0, 0.1) is 11.9 Å². The van der Waals surface area contributed by atoms with Crippen molar-refractivity contribution < 1.29 is 40.3 Å². The SMILES string of the molecule is CN1C[C@H](c2ccc(C(F)(F)F)c(C(F)(F)F)c2)[C@@H](C(=O)Nc2cccc(F)n2)C1=O. The molecule has 5 nitrogen and oxygen atoms in total. The first-order valence-electron chi connectivity index (χ1n) is 8.76. The number of carbonyl (C=O) groups is 2. The van der Waals surface area contributed by atoms with Gasteiger partial charge in [-0.15, -0.1) is 0 Å². The highest BCUT2D eigenvalue weighted by Crippen LogP contribution is 2.43. The lowest BCUT2D eigenvalue weighted by Crippen LogP contribution is -2.33.